The maximum Gasteiger partial charge on any atom is 0.261 e. The Hall–Kier alpha value is -2.49. The number of hydrogen-bond acceptors (Lipinski definition) is 3. The second-order valence-electron chi connectivity index (χ2n) is 8.13. The minimum Gasteiger partial charge on any atom is -0.487 e. The first-order valence-electron chi connectivity index (χ1n) is 10.7. The fraction of sp³-hybridized carbons (Fsp3) is 0.480. The van der Waals surface area contributed by atoms with Crippen LogP contribution in [-0.4, -0.2) is 17.6 Å². The summed E-state index contributed by atoms with van der Waals surface area (Å²) in [6, 6.07) is 14.0. The molecule has 1 aliphatic rings. The standard InChI is InChI=1S/C25H33NO3/c1-6-22(28-19-14-17(4)13-18(5)15-19)24(27)26-21-16-25(7-2,8-3)29-23-12-10-9-11-20(21)23/h9-15,21-22H,6-8,16H2,1-5H3,(H,26,27). The molecule has 4 nitrogen and oxygen atoms in total. The predicted octanol–water partition coefficient (Wildman–Crippen LogP) is 5.66. The van der Waals surface area contributed by atoms with Gasteiger partial charge < -0.3 is 14.8 Å². The van der Waals surface area contributed by atoms with Gasteiger partial charge in [0.15, 0.2) is 6.10 Å². The number of nitrogens with one attached hydrogen (secondary N) is 1. The van der Waals surface area contributed by atoms with Crippen LogP contribution in [0.15, 0.2) is 42.5 Å². The largest absolute Gasteiger partial charge is 0.487 e. The molecule has 0 fully saturated rings. The Balaban J connectivity index is 1.80. The summed E-state index contributed by atoms with van der Waals surface area (Å²) < 4.78 is 12.4. The third-order valence-electron chi connectivity index (χ3n) is 5.94. The molecule has 29 heavy (non-hydrogen) atoms. The van der Waals surface area contributed by atoms with Crippen LogP contribution in [0.1, 0.15) is 69.2 Å². The summed E-state index contributed by atoms with van der Waals surface area (Å²) >= 11 is 0. The number of para-hydroxylation sites is 1. The van der Waals surface area contributed by atoms with Crippen molar-refractivity contribution in [3.8, 4) is 11.5 Å². The van der Waals surface area contributed by atoms with E-state index in [4.69, 9.17) is 9.47 Å². The SMILES string of the molecule is CCC(Oc1cc(C)cc(C)c1)C(=O)NC1CC(CC)(CC)Oc2ccccc21. The highest BCUT2D eigenvalue weighted by Gasteiger charge is 2.39. The maximum absolute atomic E-state index is 13.1. The van der Waals surface area contributed by atoms with Gasteiger partial charge in [-0.1, -0.05) is 45.0 Å². The first-order valence-corrected chi connectivity index (χ1v) is 10.7. The van der Waals surface area contributed by atoms with Crippen LogP contribution >= 0.6 is 0 Å². The Morgan fingerprint density at radius 2 is 1.79 bits per heavy atom. The summed E-state index contributed by atoms with van der Waals surface area (Å²) in [6.45, 7) is 10.3. The van der Waals surface area contributed by atoms with Crippen molar-refractivity contribution < 1.29 is 14.3 Å². The first-order chi connectivity index (χ1) is 13.9. The molecule has 0 bridgehead atoms. The van der Waals surface area contributed by atoms with E-state index in [2.05, 4.69) is 25.2 Å². The van der Waals surface area contributed by atoms with E-state index in [1.54, 1.807) is 0 Å². The molecule has 2 aromatic carbocycles. The van der Waals surface area contributed by atoms with Gasteiger partial charge >= 0.3 is 0 Å². The summed E-state index contributed by atoms with van der Waals surface area (Å²) in [5.74, 6) is 1.54. The molecule has 0 radical (unpaired) electrons. The maximum atomic E-state index is 13.1. The summed E-state index contributed by atoms with van der Waals surface area (Å²) in [5.41, 5.74) is 3.05. The molecule has 2 unspecified atom stereocenters. The van der Waals surface area contributed by atoms with Crippen molar-refractivity contribution in [1.29, 1.82) is 0 Å². The van der Waals surface area contributed by atoms with Crippen molar-refractivity contribution in [2.45, 2.75) is 78.0 Å². The number of hydrogen-bond donors (Lipinski definition) is 1. The number of fused-ring (bicyclic) bond motifs is 1. The van der Waals surface area contributed by atoms with Crippen LogP contribution in [0.25, 0.3) is 0 Å². The van der Waals surface area contributed by atoms with Gasteiger partial charge in [0.2, 0.25) is 0 Å². The van der Waals surface area contributed by atoms with Crippen molar-refractivity contribution in [2.24, 2.45) is 0 Å². The number of rotatable bonds is 7. The van der Waals surface area contributed by atoms with Gasteiger partial charge in [0.25, 0.3) is 5.91 Å². The third kappa shape index (κ3) is 4.75. The predicted molar refractivity (Wildman–Crippen MR) is 117 cm³/mol. The summed E-state index contributed by atoms with van der Waals surface area (Å²) in [7, 11) is 0. The second-order valence-corrected chi connectivity index (χ2v) is 8.13. The molecule has 156 valence electrons. The van der Waals surface area contributed by atoms with E-state index in [0.717, 1.165) is 47.5 Å². The number of carbonyl (C=O) groups excluding carboxylic acids is 1. The Bertz CT molecular complexity index is 837. The molecule has 4 heteroatoms. The van der Waals surface area contributed by atoms with Gasteiger partial charge in [0.1, 0.15) is 17.1 Å². The van der Waals surface area contributed by atoms with E-state index in [1.165, 1.54) is 0 Å². The number of benzene rings is 2. The lowest BCUT2D eigenvalue weighted by Gasteiger charge is -2.42. The third-order valence-corrected chi connectivity index (χ3v) is 5.94. The molecule has 1 N–H and O–H groups in total. The topological polar surface area (TPSA) is 47.6 Å². The van der Waals surface area contributed by atoms with Gasteiger partial charge in [-0.05, 0) is 62.4 Å². The van der Waals surface area contributed by atoms with E-state index < -0.39 is 6.10 Å². The van der Waals surface area contributed by atoms with Gasteiger partial charge in [0, 0.05) is 12.0 Å². The zero-order valence-corrected chi connectivity index (χ0v) is 18.2. The first kappa shape index (κ1) is 21.2. The summed E-state index contributed by atoms with van der Waals surface area (Å²) in [5, 5.41) is 3.26. The fourth-order valence-corrected chi connectivity index (χ4v) is 4.18. The van der Waals surface area contributed by atoms with Gasteiger partial charge in [-0.2, -0.15) is 0 Å². The van der Waals surface area contributed by atoms with E-state index >= 15 is 0 Å². The van der Waals surface area contributed by atoms with Crippen molar-refractivity contribution >= 4 is 5.91 Å². The molecular formula is C25H33NO3. The Morgan fingerprint density at radius 1 is 1.14 bits per heavy atom. The van der Waals surface area contributed by atoms with Gasteiger partial charge in [-0.15, -0.1) is 0 Å². The number of aryl methyl sites for hydroxylation is 2. The fourth-order valence-electron chi connectivity index (χ4n) is 4.18. The lowest BCUT2D eigenvalue weighted by molar-refractivity contribution is -0.129. The van der Waals surface area contributed by atoms with Crippen LogP contribution in [-0.2, 0) is 4.79 Å². The minimum atomic E-state index is -0.524. The number of carbonyl (C=O) groups is 1. The molecule has 1 heterocycles. The molecule has 0 aromatic heterocycles. The molecule has 3 rings (SSSR count). The zero-order chi connectivity index (χ0) is 21.0. The van der Waals surface area contributed by atoms with Crippen molar-refractivity contribution in [2.75, 3.05) is 0 Å². The van der Waals surface area contributed by atoms with Crippen molar-refractivity contribution in [3.05, 3.63) is 59.2 Å². The van der Waals surface area contributed by atoms with Crippen LogP contribution in [0.2, 0.25) is 0 Å². The Kier molecular flexibility index (Phi) is 6.51. The van der Waals surface area contributed by atoms with E-state index in [-0.39, 0.29) is 17.6 Å². The average Bonchev–Trinajstić information content (AvgIpc) is 2.71. The van der Waals surface area contributed by atoms with Crippen molar-refractivity contribution in [3.63, 3.8) is 0 Å². The summed E-state index contributed by atoms with van der Waals surface area (Å²) in [6.07, 6.45) is 2.66. The molecule has 0 saturated carbocycles. The van der Waals surface area contributed by atoms with Gasteiger partial charge in [-0.3, -0.25) is 4.79 Å². The van der Waals surface area contributed by atoms with Crippen LogP contribution in [0.5, 0.6) is 11.5 Å². The highest BCUT2D eigenvalue weighted by atomic mass is 16.5. The molecule has 0 saturated heterocycles. The molecule has 2 aromatic rings. The van der Waals surface area contributed by atoms with E-state index in [0.29, 0.717) is 6.42 Å². The number of amides is 1. The smallest absolute Gasteiger partial charge is 0.261 e. The van der Waals surface area contributed by atoms with Crippen LogP contribution < -0.4 is 14.8 Å². The van der Waals surface area contributed by atoms with Crippen LogP contribution in [0, 0.1) is 13.8 Å². The summed E-state index contributed by atoms with van der Waals surface area (Å²) in [4.78, 5) is 13.1. The van der Waals surface area contributed by atoms with E-state index in [9.17, 15) is 4.79 Å². The van der Waals surface area contributed by atoms with E-state index in [1.807, 2.05) is 57.2 Å². The zero-order valence-electron chi connectivity index (χ0n) is 18.2. The highest BCUT2D eigenvalue weighted by Crippen LogP contribution is 2.42. The lowest BCUT2D eigenvalue weighted by Crippen LogP contribution is -2.47. The van der Waals surface area contributed by atoms with Crippen LogP contribution in [0.3, 0.4) is 0 Å². The van der Waals surface area contributed by atoms with Crippen molar-refractivity contribution in [1.82, 2.24) is 5.32 Å². The minimum absolute atomic E-state index is 0.0746. The Labute approximate surface area is 174 Å². The molecule has 0 aliphatic carbocycles. The monoisotopic (exact) mass is 395 g/mol. The number of ether oxygens (including phenoxy) is 2. The lowest BCUT2D eigenvalue weighted by atomic mass is 9.83. The quantitative estimate of drug-likeness (QED) is 0.658. The molecule has 2 atom stereocenters. The van der Waals surface area contributed by atoms with Crippen LogP contribution in [0.4, 0.5) is 0 Å². The normalized spacial score (nSPS) is 18.3. The van der Waals surface area contributed by atoms with Gasteiger partial charge in [0.05, 0.1) is 6.04 Å². The molecule has 0 spiro atoms. The highest BCUT2D eigenvalue weighted by molar-refractivity contribution is 5.81. The second kappa shape index (κ2) is 8.89. The molecule has 1 aliphatic heterocycles. The molecular weight excluding hydrogens is 362 g/mol. The molecule has 1 amide bonds. The average molecular weight is 396 g/mol. The Morgan fingerprint density at radius 3 is 2.41 bits per heavy atom. The van der Waals surface area contributed by atoms with Gasteiger partial charge in [-0.25, -0.2) is 0 Å².